The van der Waals surface area contributed by atoms with Gasteiger partial charge in [0.25, 0.3) is 0 Å². The Labute approximate surface area is 65.8 Å². The van der Waals surface area contributed by atoms with Crippen molar-refractivity contribution in [2.24, 2.45) is 5.73 Å². The topological polar surface area (TPSA) is 63.8 Å². The molecule has 4 heteroatoms. The summed E-state index contributed by atoms with van der Waals surface area (Å²) in [5, 5.41) is 10.7. The van der Waals surface area contributed by atoms with Crippen LogP contribution in [0, 0.1) is 0 Å². The van der Waals surface area contributed by atoms with E-state index in [-0.39, 0.29) is 0 Å². The SMILES string of the molecule is CCNc1cc(CN)cnn1. The van der Waals surface area contributed by atoms with Crippen LogP contribution in [0.3, 0.4) is 0 Å². The minimum Gasteiger partial charge on any atom is -0.369 e. The van der Waals surface area contributed by atoms with Crippen molar-refractivity contribution in [2.45, 2.75) is 13.5 Å². The molecule has 0 spiro atoms. The number of nitrogens with zero attached hydrogens (tertiary/aromatic N) is 2. The van der Waals surface area contributed by atoms with E-state index in [1.807, 2.05) is 13.0 Å². The van der Waals surface area contributed by atoms with Crippen LogP contribution >= 0.6 is 0 Å². The van der Waals surface area contributed by atoms with E-state index >= 15 is 0 Å². The minimum absolute atomic E-state index is 0.508. The van der Waals surface area contributed by atoms with Crippen molar-refractivity contribution in [3.8, 4) is 0 Å². The van der Waals surface area contributed by atoms with Crippen molar-refractivity contribution in [3.63, 3.8) is 0 Å². The monoisotopic (exact) mass is 152 g/mol. The van der Waals surface area contributed by atoms with Gasteiger partial charge in [-0.3, -0.25) is 0 Å². The first-order valence-corrected chi connectivity index (χ1v) is 3.62. The number of rotatable bonds is 3. The zero-order valence-electron chi connectivity index (χ0n) is 6.54. The first-order chi connectivity index (χ1) is 5.36. The molecule has 0 saturated heterocycles. The molecule has 0 aliphatic carbocycles. The van der Waals surface area contributed by atoms with Gasteiger partial charge >= 0.3 is 0 Å². The van der Waals surface area contributed by atoms with Gasteiger partial charge in [-0.05, 0) is 18.6 Å². The Bertz CT molecular complexity index is 223. The van der Waals surface area contributed by atoms with E-state index in [1.165, 1.54) is 0 Å². The third-order valence-electron chi connectivity index (χ3n) is 1.30. The van der Waals surface area contributed by atoms with Crippen molar-refractivity contribution in [3.05, 3.63) is 17.8 Å². The van der Waals surface area contributed by atoms with Gasteiger partial charge in [0.1, 0.15) is 5.82 Å². The maximum absolute atomic E-state index is 5.42. The number of nitrogens with one attached hydrogen (secondary N) is 1. The maximum atomic E-state index is 5.42. The second-order valence-corrected chi connectivity index (χ2v) is 2.18. The lowest BCUT2D eigenvalue weighted by Crippen LogP contribution is -2.03. The van der Waals surface area contributed by atoms with E-state index < -0.39 is 0 Å². The number of hydrogen-bond donors (Lipinski definition) is 2. The maximum Gasteiger partial charge on any atom is 0.148 e. The van der Waals surface area contributed by atoms with Crippen molar-refractivity contribution < 1.29 is 0 Å². The molecule has 11 heavy (non-hydrogen) atoms. The van der Waals surface area contributed by atoms with Crippen LogP contribution in [0.1, 0.15) is 12.5 Å². The van der Waals surface area contributed by atoms with Crippen LogP contribution < -0.4 is 11.1 Å². The van der Waals surface area contributed by atoms with Crippen molar-refractivity contribution >= 4 is 5.82 Å². The Morgan fingerprint density at radius 2 is 2.45 bits per heavy atom. The van der Waals surface area contributed by atoms with E-state index in [1.54, 1.807) is 6.20 Å². The zero-order valence-corrected chi connectivity index (χ0v) is 6.54. The van der Waals surface area contributed by atoms with Gasteiger partial charge in [-0.1, -0.05) is 0 Å². The highest BCUT2D eigenvalue weighted by Crippen LogP contribution is 2.02. The second kappa shape index (κ2) is 3.88. The Balaban J connectivity index is 2.74. The van der Waals surface area contributed by atoms with Gasteiger partial charge in [-0.25, -0.2) is 0 Å². The Morgan fingerprint density at radius 3 is 3.09 bits per heavy atom. The normalized spacial score (nSPS) is 9.64. The molecule has 0 atom stereocenters. The molecule has 4 nitrogen and oxygen atoms in total. The fraction of sp³-hybridized carbons (Fsp3) is 0.429. The van der Waals surface area contributed by atoms with E-state index in [0.29, 0.717) is 6.54 Å². The summed E-state index contributed by atoms with van der Waals surface area (Å²) in [7, 11) is 0. The number of anilines is 1. The highest BCUT2D eigenvalue weighted by atomic mass is 15.2. The van der Waals surface area contributed by atoms with Gasteiger partial charge in [-0.2, -0.15) is 5.10 Å². The molecule has 60 valence electrons. The van der Waals surface area contributed by atoms with Crippen LogP contribution in [0.5, 0.6) is 0 Å². The lowest BCUT2D eigenvalue weighted by Gasteiger charge is -2.01. The summed E-state index contributed by atoms with van der Waals surface area (Å²) in [6.07, 6.45) is 1.67. The average Bonchev–Trinajstić information content (AvgIpc) is 2.06. The predicted molar refractivity (Wildman–Crippen MR) is 44.1 cm³/mol. The van der Waals surface area contributed by atoms with E-state index in [0.717, 1.165) is 17.9 Å². The van der Waals surface area contributed by atoms with Crippen LogP contribution in [0.25, 0.3) is 0 Å². The van der Waals surface area contributed by atoms with E-state index in [4.69, 9.17) is 5.73 Å². The van der Waals surface area contributed by atoms with Crippen molar-refractivity contribution in [1.82, 2.24) is 10.2 Å². The van der Waals surface area contributed by atoms with Crippen molar-refractivity contribution in [1.29, 1.82) is 0 Å². The van der Waals surface area contributed by atoms with Crippen LogP contribution in [0.4, 0.5) is 5.82 Å². The first kappa shape index (κ1) is 7.94. The molecule has 3 N–H and O–H groups in total. The molecule has 0 radical (unpaired) electrons. The third kappa shape index (κ3) is 2.16. The third-order valence-corrected chi connectivity index (χ3v) is 1.30. The summed E-state index contributed by atoms with van der Waals surface area (Å²) in [6.45, 7) is 3.37. The summed E-state index contributed by atoms with van der Waals surface area (Å²) >= 11 is 0. The first-order valence-electron chi connectivity index (χ1n) is 3.62. The second-order valence-electron chi connectivity index (χ2n) is 2.18. The van der Waals surface area contributed by atoms with Crippen LogP contribution in [0.2, 0.25) is 0 Å². The molecule has 0 unspecified atom stereocenters. The average molecular weight is 152 g/mol. The van der Waals surface area contributed by atoms with Crippen LogP contribution in [-0.2, 0) is 6.54 Å². The molecule has 0 aliphatic heterocycles. The lowest BCUT2D eigenvalue weighted by molar-refractivity contribution is 0.958. The molecular formula is C7H12N4. The molecule has 1 heterocycles. The summed E-state index contributed by atoms with van der Waals surface area (Å²) < 4.78 is 0. The quantitative estimate of drug-likeness (QED) is 0.656. The summed E-state index contributed by atoms with van der Waals surface area (Å²) in [5.74, 6) is 0.787. The van der Waals surface area contributed by atoms with Gasteiger partial charge in [-0.15, -0.1) is 5.10 Å². The molecule has 0 amide bonds. The predicted octanol–water partition coefficient (Wildman–Crippen LogP) is 0.367. The van der Waals surface area contributed by atoms with Gasteiger partial charge in [0.05, 0.1) is 6.20 Å². The number of aromatic nitrogens is 2. The van der Waals surface area contributed by atoms with Gasteiger partial charge in [0, 0.05) is 13.1 Å². The van der Waals surface area contributed by atoms with Crippen LogP contribution in [0.15, 0.2) is 12.3 Å². The molecule has 0 aromatic carbocycles. The molecule has 1 aromatic rings. The molecule has 0 aliphatic rings. The van der Waals surface area contributed by atoms with E-state index in [2.05, 4.69) is 15.5 Å². The fourth-order valence-corrected chi connectivity index (χ4v) is 0.786. The number of nitrogens with two attached hydrogens (primary N) is 1. The molecule has 1 rings (SSSR count). The summed E-state index contributed by atoms with van der Waals surface area (Å²) in [4.78, 5) is 0. The Morgan fingerprint density at radius 1 is 1.64 bits per heavy atom. The lowest BCUT2D eigenvalue weighted by atomic mass is 10.3. The largest absolute Gasteiger partial charge is 0.369 e. The molecule has 0 bridgehead atoms. The Hall–Kier alpha value is -1.16. The summed E-state index contributed by atoms with van der Waals surface area (Å²) in [5.41, 5.74) is 6.42. The zero-order chi connectivity index (χ0) is 8.10. The fourth-order valence-electron chi connectivity index (χ4n) is 0.786. The highest BCUT2D eigenvalue weighted by molar-refractivity contribution is 5.35. The van der Waals surface area contributed by atoms with Gasteiger partial charge < -0.3 is 11.1 Å². The molecule has 0 fully saturated rings. The molecular weight excluding hydrogens is 140 g/mol. The standard InChI is InChI=1S/C7H12N4/c1-2-9-7-3-6(4-8)5-10-11-7/h3,5H,2,4,8H2,1H3,(H,9,11). The highest BCUT2D eigenvalue weighted by Gasteiger charge is 1.93. The van der Waals surface area contributed by atoms with Crippen molar-refractivity contribution in [2.75, 3.05) is 11.9 Å². The number of hydrogen-bond acceptors (Lipinski definition) is 4. The summed E-state index contributed by atoms with van der Waals surface area (Å²) in [6, 6.07) is 1.90. The Kier molecular flexibility index (Phi) is 2.80. The smallest absolute Gasteiger partial charge is 0.148 e. The minimum atomic E-state index is 0.508. The molecule has 1 aromatic heterocycles. The van der Waals surface area contributed by atoms with E-state index in [9.17, 15) is 0 Å². The van der Waals surface area contributed by atoms with Crippen LogP contribution in [-0.4, -0.2) is 16.7 Å². The van der Waals surface area contributed by atoms with Gasteiger partial charge in [0.15, 0.2) is 0 Å². The van der Waals surface area contributed by atoms with Gasteiger partial charge in [0.2, 0.25) is 0 Å². The molecule has 0 saturated carbocycles.